The van der Waals surface area contributed by atoms with Gasteiger partial charge in [-0.15, -0.1) is 11.8 Å². The molecule has 3 rings (SSSR count). The highest BCUT2D eigenvalue weighted by Gasteiger charge is 2.16. The lowest BCUT2D eigenvalue weighted by Crippen LogP contribution is -2.17. The number of aryl methyl sites for hydroxylation is 1. The minimum atomic E-state index is -0.513. The molecule has 2 aromatic carbocycles. The number of carbonyl (C=O) groups excluding carboxylic acids is 1. The van der Waals surface area contributed by atoms with Crippen molar-refractivity contribution in [2.75, 3.05) is 18.2 Å². The number of benzene rings is 2. The number of nitro benzene ring substituents is 2. The van der Waals surface area contributed by atoms with Crippen LogP contribution in [0.2, 0.25) is 0 Å². The Kier molecular flexibility index (Phi) is 7.05. The molecule has 1 amide bonds. The third-order valence-corrected chi connectivity index (χ3v) is 5.35. The number of nitro groups is 2. The van der Waals surface area contributed by atoms with E-state index in [0.29, 0.717) is 28.5 Å². The van der Waals surface area contributed by atoms with Gasteiger partial charge in [0.05, 0.1) is 34.1 Å². The number of non-ortho nitro benzene ring substituents is 1. The van der Waals surface area contributed by atoms with E-state index < -0.39 is 9.85 Å². The first-order chi connectivity index (χ1) is 15.3. The van der Waals surface area contributed by atoms with Crippen LogP contribution in [0.25, 0.3) is 5.69 Å². The maximum Gasteiger partial charge on any atom is 0.311 e. The smallest absolute Gasteiger partial charge is 0.311 e. The molecule has 0 spiro atoms. The first-order valence-corrected chi connectivity index (χ1v) is 10.4. The second kappa shape index (κ2) is 9.92. The number of carbonyl (C=O) groups is 1. The quantitative estimate of drug-likeness (QED) is 0.377. The van der Waals surface area contributed by atoms with Crippen LogP contribution in [0.1, 0.15) is 11.3 Å². The van der Waals surface area contributed by atoms with Gasteiger partial charge in [-0.05, 0) is 30.7 Å². The normalized spacial score (nSPS) is 10.6. The van der Waals surface area contributed by atoms with Gasteiger partial charge in [-0.1, -0.05) is 6.07 Å². The second-order valence-electron chi connectivity index (χ2n) is 6.66. The monoisotopic (exact) mass is 457 g/mol. The van der Waals surface area contributed by atoms with Crippen molar-refractivity contribution in [3.63, 3.8) is 0 Å². The summed E-state index contributed by atoms with van der Waals surface area (Å²) in [4.78, 5) is 33.4. The zero-order valence-corrected chi connectivity index (χ0v) is 18.0. The van der Waals surface area contributed by atoms with Crippen molar-refractivity contribution in [3.05, 3.63) is 80.0 Å². The number of rotatable bonds is 9. The summed E-state index contributed by atoms with van der Waals surface area (Å²) >= 11 is 1.30. The topological polar surface area (TPSA) is 142 Å². The van der Waals surface area contributed by atoms with Gasteiger partial charge in [0.2, 0.25) is 5.91 Å². The summed E-state index contributed by atoms with van der Waals surface area (Å²) in [5.41, 5.74) is 1.76. The Morgan fingerprint density at radius 3 is 2.47 bits per heavy atom. The van der Waals surface area contributed by atoms with Crippen LogP contribution in [0.3, 0.4) is 0 Å². The molecule has 0 aliphatic heterocycles. The first kappa shape index (κ1) is 22.7. The predicted octanol–water partition coefficient (Wildman–Crippen LogP) is 3.88. The molecule has 0 aliphatic rings. The molecular weight excluding hydrogens is 438 g/mol. The number of aromatic nitrogens is 2. The molecule has 166 valence electrons. The Hall–Kier alpha value is -3.93. The van der Waals surface area contributed by atoms with E-state index in [-0.39, 0.29) is 28.8 Å². The molecule has 12 heteroatoms. The average Bonchev–Trinajstić information content (AvgIpc) is 3.13. The number of nitrogens with one attached hydrogen (secondary N) is 1. The van der Waals surface area contributed by atoms with Crippen molar-refractivity contribution < 1.29 is 19.4 Å². The Morgan fingerprint density at radius 1 is 1.12 bits per heavy atom. The third-order valence-electron chi connectivity index (χ3n) is 4.35. The Labute approximate surface area is 186 Å². The fourth-order valence-electron chi connectivity index (χ4n) is 2.91. The molecule has 0 aliphatic carbocycles. The summed E-state index contributed by atoms with van der Waals surface area (Å²) in [6.07, 6.45) is 0. The first-order valence-electron chi connectivity index (χ1n) is 9.29. The average molecular weight is 457 g/mol. The zero-order chi connectivity index (χ0) is 23.3. The highest BCUT2D eigenvalue weighted by Crippen LogP contribution is 2.29. The Bertz CT molecular complexity index is 1160. The molecule has 0 unspecified atom stereocenters. The van der Waals surface area contributed by atoms with Crippen molar-refractivity contribution in [1.82, 2.24) is 9.78 Å². The van der Waals surface area contributed by atoms with E-state index in [0.717, 1.165) is 0 Å². The fourth-order valence-corrected chi connectivity index (χ4v) is 3.68. The van der Waals surface area contributed by atoms with Gasteiger partial charge < -0.3 is 10.1 Å². The van der Waals surface area contributed by atoms with Crippen molar-refractivity contribution in [2.24, 2.45) is 0 Å². The van der Waals surface area contributed by atoms with E-state index >= 15 is 0 Å². The van der Waals surface area contributed by atoms with E-state index in [9.17, 15) is 25.0 Å². The third kappa shape index (κ3) is 5.40. The number of anilines is 1. The maximum absolute atomic E-state index is 12.4. The van der Waals surface area contributed by atoms with Crippen molar-refractivity contribution in [1.29, 1.82) is 0 Å². The van der Waals surface area contributed by atoms with Crippen molar-refractivity contribution in [2.45, 2.75) is 12.7 Å². The number of thioether (sulfide) groups is 1. The van der Waals surface area contributed by atoms with Crippen LogP contribution in [-0.4, -0.2) is 38.4 Å². The van der Waals surface area contributed by atoms with Crippen LogP contribution in [0.4, 0.5) is 17.2 Å². The van der Waals surface area contributed by atoms with E-state index in [1.807, 2.05) is 0 Å². The fraction of sp³-hybridized carbons (Fsp3) is 0.200. The molecule has 0 saturated heterocycles. The molecule has 1 aromatic heterocycles. The molecular formula is C20H19N5O6S. The van der Waals surface area contributed by atoms with Gasteiger partial charge in [-0.3, -0.25) is 25.0 Å². The molecule has 0 bridgehead atoms. The molecule has 0 radical (unpaired) electrons. The highest BCUT2D eigenvalue weighted by atomic mass is 32.2. The molecule has 11 nitrogen and oxygen atoms in total. The Morgan fingerprint density at radius 2 is 1.84 bits per heavy atom. The van der Waals surface area contributed by atoms with E-state index in [2.05, 4.69) is 10.4 Å². The zero-order valence-electron chi connectivity index (χ0n) is 17.2. The van der Waals surface area contributed by atoms with Crippen LogP contribution in [0.5, 0.6) is 5.75 Å². The van der Waals surface area contributed by atoms with Crippen LogP contribution in [0, 0.1) is 27.2 Å². The summed E-state index contributed by atoms with van der Waals surface area (Å²) in [6, 6.07) is 12.2. The molecule has 32 heavy (non-hydrogen) atoms. The predicted molar refractivity (Wildman–Crippen MR) is 119 cm³/mol. The minimum absolute atomic E-state index is 0.0432. The summed E-state index contributed by atoms with van der Waals surface area (Å²) in [7, 11) is 1.37. The molecule has 1 heterocycles. The van der Waals surface area contributed by atoms with Gasteiger partial charge in [0, 0.05) is 30.0 Å². The number of hydrogen-bond donors (Lipinski definition) is 1. The van der Waals surface area contributed by atoms with Gasteiger partial charge in [-0.25, -0.2) is 4.68 Å². The largest absolute Gasteiger partial charge is 0.490 e. The molecule has 0 atom stereocenters. The number of methoxy groups -OCH3 is 1. The summed E-state index contributed by atoms with van der Waals surface area (Å²) in [5, 5.41) is 29.1. The van der Waals surface area contributed by atoms with Gasteiger partial charge >= 0.3 is 5.69 Å². The Balaban J connectivity index is 1.63. The number of amides is 1. The van der Waals surface area contributed by atoms with E-state index in [1.54, 1.807) is 31.2 Å². The van der Waals surface area contributed by atoms with Crippen LogP contribution in [-0.2, 0) is 10.5 Å². The van der Waals surface area contributed by atoms with Crippen LogP contribution in [0.15, 0.2) is 48.5 Å². The SMILES string of the molecule is COc1ccc(CSCC(=O)Nc2cc(C)nn2-c2ccc([N+](=O)[O-])cc2)cc1[N+](=O)[O-]. The van der Waals surface area contributed by atoms with Crippen LogP contribution < -0.4 is 10.1 Å². The summed E-state index contributed by atoms with van der Waals surface area (Å²) in [6.45, 7) is 1.77. The van der Waals surface area contributed by atoms with Crippen molar-refractivity contribution in [3.8, 4) is 11.4 Å². The van der Waals surface area contributed by atoms with Gasteiger partial charge in [0.15, 0.2) is 5.75 Å². The van der Waals surface area contributed by atoms with E-state index in [4.69, 9.17) is 4.74 Å². The highest BCUT2D eigenvalue weighted by molar-refractivity contribution is 7.99. The van der Waals surface area contributed by atoms with Crippen molar-refractivity contribution >= 4 is 34.9 Å². The van der Waals surface area contributed by atoms with E-state index in [1.165, 1.54) is 47.8 Å². The maximum atomic E-state index is 12.4. The molecule has 0 saturated carbocycles. The molecule has 1 N–H and O–H groups in total. The summed E-state index contributed by atoms with van der Waals surface area (Å²) in [5.74, 6) is 0.850. The lowest BCUT2D eigenvalue weighted by molar-refractivity contribution is -0.385. The summed E-state index contributed by atoms with van der Waals surface area (Å²) < 4.78 is 6.48. The standard InChI is InChI=1S/C20H19N5O6S/c1-13-9-19(23(22-13)15-4-6-16(7-5-15)24(27)28)21-20(26)12-32-11-14-3-8-18(31-2)17(10-14)25(29)30/h3-10H,11-12H2,1-2H3,(H,21,26). The lowest BCUT2D eigenvalue weighted by atomic mass is 10.2. The molecule has 0 fully saturated rings. The number of hydrogen-bond acceptors (Lipinski definition) is 8. The number of ether oxygens (including phenoxy) is 1. The lowest BCUT2D eigenvalue weighted by Gasteiger charge is -2.09. The van der Waals surface area contributed by atoms with Gasteiger partial charge in [-0.2, -0.15) is 5.10 Å². The van der Waals surface area contributed by atoms with Crippen LogP contribution >= 0.6 is 11.8 Å². The molecule has 3 aromatic rings. The second-order valence-corrected chi connectivity index (χ2v) is 7.65. The minimum Gasteiger partial charge on any atom is -0.490 e. The van der Waals surface area contributed by atoms with Gasteiger partial charge in [0.25, 0.3) is 5.69 Å². The number of nitrogens with zero attached hydrogens (tertiary/aromatic N) is 4. The van der Waals surface area contributed by atoms with Gasteiger partial charge in [0.1, 0.15) is 5.82 Å².